The van der Waals surface area contributed by atoms with Crippen molar-refractivity contribution < 1.29 is 12.9 Å². The molecular formula is C19H16N4O3S2. The highest BCUT2D eigenvalue weighted by Crippen LogP contribution is 2.32. The van der Waals surface area contributed by atoms with E-state index in [2.05, 4.69) is 15.5 Å². The Morgan fingerprint density at radius 2 is 1.86 bits per heavy atom. The number of nitrogens with zero attached hydrogens (tertiary/aromatic N) is 2. The van der Waals surface area contributed by atoms with Crippen LogP contribution in [0.15, 0.2) is 69.4 Å². The van der Waals surface area contributed by atoms with Gasteiger partial charge in [-0.1, -0.05) is 35.5 Å². The number of hydrogen-bond acceptors (Lipinski definition) is 7. The topological polar surface area (TPSA) is 111 Å². The second kappa shape index (κ2) is 7.19. The second-order valence-corrected chi connectivity index (χ2v) is 8.50. The van der Waals surface area contributed by atoms with Crippen LogP contribution in [-0.2, 0) is 10.0 Å². The number of aryl methyl sites for hydroxylation is 1. The molecule has 28 heavy (non-hydrogen) atoms. The quantitative estimate of drug-likeness (QED) is 0.509. The van der Waals surface area contributed by atoms with Gasteiger partial charge in [-0.3, -0.25) is 0 Å². The van der Waals surface area contributed by atoms with Gasteiger partial charge < -0.3 is 9.84 Å². The Hall–Kier alpha value is -3.01. The molecule has 0 spiro atoms. The maximum absolute atomic E-state index is 12.1. The number of nitrogens with one attached hydrogen (secondary N) is 1. The van der Waals surface area contributed by atoms with E-state index >= 15 is 0 Å². The van der Waals surface area contributed by atoms with Crippen LogP contribution in [0.3, 0.4) is 0 Å². The summed E-state index contributed by atoms with van der Waals surface area (Å²) in [6.45, 7) is 1.73. The molecule has 0 bridgehead atoms. The van der Waals surface area contributed by atoms with Gasteiger partial charge in [-0.2, -0.15) is 0 Å². The third-order valence-corrected chi connectivity index (χ3v) is 5.73. The zero-order valence-electron chi connectivity index (χ0n) is 14.8. The molecule has 4 aromatic rings. The molecule has 0 unspecified atom stereocenters. The third-order valence-electron chi connectivity index (χ3n) is 4.02. The van der Waals surface area contributed by atoms with Gasteiger partial charge in [0.2, 0.25) is 10.0 Å². The molecule has 2 aromatic carbocycles. The number of nitrogens with two attached hydrogens (primary N) is 1. The number of aromatic nitrogens is 2. The van der Waals surface area contributed by atoms with E-state index in [1.165, 1.54) is 17.4 Å². The van der Waals surface area contributed by atoms with E-state index in [1.807, 2.05) is 35.7 Å². The molecule has 0 aliphatic rings. The molecule has 0 saturated heterocycles. The molecule has 0 aliphatic heterocycles. The van der Waals surface area contributed by atoms with Crippen LogP contribution in [0, 0.1) is 6.92 Å². The van der Waals surface area contributed by atoms with Gasteiger partial charge in [0, 0.05) is 28.3 Å². The van der Waals surface area contributed by atoms with Gasteiger partial charge in [0.1, 0.15) is 11.5 Å². The van der Waals surface area contributed by atoms with Crippen molar-refractivity contribution in [2.24, 2.45) is 5.14 Å². The van der Waals surface area contributed by atoms with Crippen molar-refractivity contribution in [2.75, 3.05) is 5.32 Å². The van der Waals surface area contributed by atoms with Crippen LogP contribution in [0.5, 0.6) is 0 Å². The SMILES string of the molecule is Cc1cc(-c2ccc(Nc3nc(-c4ccccc4)cs3)cc2S(N)(=O)=O)no1. The summed E-state index contributed by atoms with van der Waals surface area (Å²) in [4.78, 5) is 4.51. The monoisotopic (exact) mass is 412 g/mol. The number of benzene rings is 2. The molecule has 0 saturated carbocycles. The predicted octanol–water partition coefficient (Wildman–Crippen LogP) is 4.16. The fraction of sp³-hybridized carbons (Fsp3) is 0.0526. The molecule has 142 valence electrons. The van der Waals surface area contributed by atoms with E-state index in [4.69, 9.17) is 9.66 Å². The maximum atomic E-state index is 12.1. The summed E-state index contributed by atoms with van der Waals surface area (Å²) < 4.78 is 29.3. The van der Waals surface area contributed by atoms with E-state index in [1.54, 1.807) is 25.1 Å². The number of thiazole rings is 1. The molecular weight excluding hydrogens is 396 g/mol. The smallest absolute Gasteiger partial charge is 0.238 e. The second-order valence-electron chi connectivity index (χ2n) is 6.11. The predicted molar refractivity (Wildman–Crippen MR) is 109 cm³/mol. The Bertz CT molecular complexity index is 1230. The molecule has 9 heteroatoms. The minimum atomic E-state index is -3.96. The van der Waals surface area contributed by atoms with E-state index in [0.29, 0.717) is 27.8 Å². The Balaban J connectivity index is 1.67. The summed E-state index contributed by atoms with van der Waals surface area (Å²) in [6, 6.07) is 16.3. The normalized spacial score (nSPS) is 11.5. The fourth-order valence-electron chi connectivity index (χ4n) is 2.74. The Kier molecular flexibility index (Phi) is 4.71. The van der Waals surface area contributed by atoms with Gasteiger partial charge in [-0.05, 0) is 25.1 Å². The van der Waals surface area contributed by atoms with Crippen molar-refractivity contribution in [3.8, 4) is 22.5 Å². The van der Waals surface area contributed by atoms with Crippen molar-refractivity contribution in [3.63, 3.8) is 0 Å². The average Bonchev–Trinajstić information content (AvgIpc) is 3.31. The molecule has 4 rings (SSSR count). The van der Waals surface area contributed by atoms with Crippen LogP contribution in [0.2, 0.25) is 0 Å². The average molecular weight is 412 g/mol. The molecule has 3 N–H and O–H groups in total. The number of sulfonamides is 1. The summed E-state index contributed by atoms with van der Waals surface area (Å²) in [5.74, 6) is 0.578. The molecule has 0 aliphatic carbocycles. The first kappa shape index (κ1) is 18.4. The lowest BCUT2D eigenvalue weighted by Gasteiger charge is -2.09. The lowest BCUT2D eigenvalue weighted by molar-refractivity contribution is 0.399. The number of rotatable bonds is 5. The largest absolute Gasteiger partial charge is 0.361 e. The van der Waals surface area contributed by atoms with Crippen molar-refractivity contribution in [1.29, 1.82) is 0 Å². The minimum absolute atomic E-state index is 0.0364. The Labute approximate surface area is 165 Å². The van der Waals surface area contributed by atoms with Crippen molar-refractivity contribution in [3.05, 3.63) is 65.7 Å². The van der Waals surface area contributed by atoms with E-state index in [0.717, 1.165) is 11.3 Å². The number of anilines is 2. The first-order valence-electron chi connectivity index (χ1n) is 8.29. The highest BCUT2D eigenvalue weighted by molar-refractivity contribution is 7.89. The van der Waals surface area contributed by atoms with Crippen molar-refractivity contribution >= 4 is 32.2 Å². The van der Waals surface area contributed by atoms with Crippen LogP contribution in [0.1, 0.15) is 5.76 Å². The van der Waals surface area contributed by atoms with E-state index in [9.17, 15) is 8.42 Å². The Morgan fingerprint density at radius 1 is 1.07 bits per heavy atom. The van der Waals surface area contributed by atoms with Crippen LogP contribution >= 0.6 is 11.3 Å². The van der Waals surface area contributed by atoms with E-state index in [-0.39, 0.29) is 4.90 Å². The molecule has 0 radical (unpaired) electrons. The summed E-state index contributed by atoms with van der Waals surface area (Å²) >= 11 is 1.43. The van der Waals surface area contributed by atoms with Gasteiger partial charge in [0.15, 0.2) is 5.13 Å². The Morgan fingerprint density at radius 3 is 2.54 bits per heavy atom. The molecule has 0 amide bonds. The maximum Gasteiger partial charge on any atom is 0.238 e. The van der Waals surface area contributed by atoms with Crippen molar-refractivity contribution in [1.82, 2.24) is 10.1 Å². The lowest BCUT2D eigenvalue weighted by atomic mass is 10.1. The molecule has 2 heterocycles. The van der Waals surface area contributed by atoms with Gasteiger partial charge in [-0.15, -0.1) is 11.3 Å². The van der Waals surface area contributed by atoms with Crippen LogP contribution < -0.4 is 10.5 Å². The van der Waals surface area contributed by atoms with Crippen LogP contribution in [0.4, 0.5) is 10.8 Å². The zero-order chi connectivity index (χ0) is 19.7. The van der Waals surface area contributed by atoms with Gasteiger partial charge in [0.05, 0.1) is 10.6 Å². The van der Waals surface area contributed by atoms with Crippen LogP contribution in [0.25, 0.3) is 22.5 Å². The lowest BCUT2D eigenvalue weighted by Crippen LogP contribution is -2.13. The molecule has 0 fully saturated rings. The zero-order valence-corrected chi connectivity index (χ0v) is 16.4. The highest BCUT2D eigenvalue weighted by Gasteiger charge is 2.19. The van der Waals surface area contributed by atoms with Crippen molar-refractivity contribution in [2.45, 2.75) is 11.8 Å². The standard InChI is InChI=1S/C19H16N4O3S2/c1-12-9-16(23-26-12)15-8-7-14(10-18(15)28(20,24)25)21-19-22-17(11-27-19)13-5-3-2-4-6-13/h2-11H,1H3,(H,21,22)(H2,20,24,25). The summed E-state index contributed by atoms with van der Waals surface area (Å²) in [5, 5.41) is 15.0. The van der Waals surface area contributed by atoms with Gasteiger partial charge in [0.25, 0.3) is 0 Å². The summed E-state index contributed by atoms with van der Waals surface area (Å²) in [6.07, 6.45) is 0. The van der Waals surface area contributed by atoms with E-state index < -0.39 is 10.0 Å². The fourth-order valence-corrected chi connectivity index (χ4v) is 4.25. The minimum Gasteiger partial charge on any atom is -0.361 e. The third kappa shape index (κ3) is 3.81. The number of hydrogen-bond donors (Lipinski definition) is 2. The highest BCUT2D eigenvalue weighted by atomic mass is 32.2. The summed E-state index contributed by atoms with van der Waals surface area (Å²) in [7, 11) is -3.96. The first-order valence-corrected chi connectivity index (χ1v) is 10.7. The first-order chi connectivity index (χ1) is 13.4. The van der Waals surface area contributed by atoms with Gasteiger partial charge in [-0.25, -0.2) is 18.5 Å². The van der Waals surface area contributed by atoms with Gasteiger partial charge >= 0.3 is 0 Å². The summed E-state index contributed by atoms with van der Waals surface area (Å²) in [5.41, 5.74) is 3.20. The molecule has 2 aromatic heterocycles. The molecule has 7 nitrogen and oxygen atoms in total. The van der Waals surface area contributed by atoms with Crippen LogP contribution in [-0.4, -0.2) is 18.6 Å². The molecule has 0 atom stereocenters. The number of primary sulfonamides is 1.